The van der Waals surface area contributed by atoms with Crippen LogP contribution < -0.4 is 5.32 Å². The van der Waals surface area contributed by atoms with Gasteiger partial charge in [-0.2, -0.15) is 11.3 Å². The summed E-state index contributed by atoms with van der Waals surface area (Å²) in [5.74, 6) is -0.323. The van der Waals surface area contributed by atoms with Crippen LogP contribution in [0.2, 0.25) is 0 Å². The number of ketones is 1. The molecule has 1 aromatic heterocycles. The molecule has 0 saturated carbocycles. The summed E-state index contributed by atoms with van der Waals surface area (Å²) in [5, 5.41) is 6.71. The first kappa shape index (κ1) is 10.9. The van der Waals surface area contributed by atoms with E-state index in [4.69, 9.17) is 0 Å². The molecule has 0 spiro atoms. The Bertz CT molecular complexity index is 319. The van der Waals surface area contributed by atoms with Crippen molar-refractivity contribution < 1.29 is 9.59 Å². The van der Waals surface area contributed by atoms with Gasteiger partial charge in [-0.05, 0) is 36.2 Å². The highest BCUT2D eigenvalue weighted by Gasteiger charge is 2.10. The van der Waals surface area contributed by atoms with E-state index in [0.29, 0.717) is 0 Å². The second kappa shape index (κ2) is 4.91. The molecule has 1 unspecified atom stereocenters. The number of amides is 1. The molecule has 0 radical (unpaired) electrons. The van der Waals surface area contributed by atoms with E-state index in [1.165, 1.54) is 6.92 Å². The van der Waals surface area contributed by atoms with Crippen LogP contribution in [0.4, 0.5) is 0 Å². The number of carbonyl (C=O) groups is 2. The summed E-state index contributed by atoms with van der Waals surface area (Å²) in [7, 11) is 0. The number of rotatable bonds is 4. The largest absolute Gasteiger partial charge is 0.349 e. The fourth-order valence-corrected chi connectivity index (χ4v) is 1.88. The Morgan fingerprint density at radius 1 is 1.57 bits per heavy atom. The van der Waals surface area contributed by atoms with Gasteiger partial charge in [0.25, 0.3) is 0 Å². The van der Waals surface area contributed by atoms with Crippen LogP contribution in [0.25, 0.3) is 0 Å². The molecule has 3 nitrogen and oxygen atoms in total. The lowest BCUT2D eigenvalue weighted by Crippen LogP contribution is -2.27. The highest BCUT2D eigenvalue weighted by atomic mass is 32.1. The van der Waals surface area contributed by atoms with Crippen molar-refractivity contribution in [3.63, 3.8) is 0 Å². The van der Waals surface area contributed by atoms with Crippen LogP contribution in [-0.2, 0) is 9.59 Å². The van der Waals surface area contributed by atoms with Gasteiger partial charge in [0, 0.05) is 0 Å². The van der Waals surface area contributed by atoms with Crippen molar-refractivity contribution in [1.82, 2.24) is 5.32 Å². The van der Waals surface area contributed by atoms with Crippen molar-refractivity contribution in [2.45, 2.75) is 26.3 Å². The van der Waals surface area contributed by atoms with E-state index in [9.17, 15) is 9.59 Å². The first-order valence-electron chi connectivity index (χ1n) is 4.40. The minimum Gasteiger partial charge on any atom is -0.349 e. The van der Waals surface area contributed by atoms with E-state index >= 15 is 0 Å². The van der Waals surface area contributed by atoms with E-state index in [0.717, 1.165) is 5.56 Å². The molecule has 0 aliphatic heterocycles. The first-order chi connectivity index (χ1) is 6.59. The average Bonchev–Trinajstić information content (AvgIpc) is 2.53. The summed E-state index contributed by atoms with van der Waals surface area (Å²) >= 11 is 1.59. The number of hydrogen-bond donors (Lipinski definition) is 1. The van der Waals surface area contributed by atoms with Crippen LogP contribution in [0, 0.1) is 0 Å². The summed E-state index contributed by atoms with van der Waals surface area (Å²) in [6, 6.07) is 1.94. The van der Waals surface area contributed by atoms with Crippen LogP contribution in [0.1, 0.15) is 31.9 Å². The fraction of sp³-hybridized carbons (Fsp3) is 0.400. The molecule has 1 aromatic rings. The quantitative estimate of drug-likeness (QED) is 0.773. The molecule has 0 aromatic carbocycles. The molecule has 4 heteroatoms. The topological polar surface area (TPSA) is 46.2 Å². The monoisotopic (exact) mass is 211 g/mol. The van der Waals surface area contributed by atoms with Crippen LogP contribution in [0.3, 0.4) is 0 Å². The lowest BCUT2D eigenvalue weighted by atomic mass is 10.2. The Morgan fingerprint density at radius 2 is 2.29 bits per heavy atom. The predicted molar refractivity (Wildman–Crippen MR) is 56.2 cm³/mol. The van der Waals surface area contributed by atoms with Gasteiger partial charge >= 0.3 is 0 Å². The molecule has 0 aliphatic carbocycles. The number of hydrogen-bond acceptors (Lipinski definition) is 3. The van der Waals surface area contributed by atoms with Gasteiger partial charge in [0.2, 0.25) is 5.91 Å². The SMILES string of the molecule is CC(=O)CC(=O)NC(C)c1ccsc1. The summed E-state index contributed by atoms with van der Waals surface area (Å²) in [6.07, 6.45) is -0.0333. The van der Waals surface area contributed by atoms with Crippen molar-refractivity contribution in [3.8, 4) is 0 Å². The normalized spacial score (nSPS) is 12.1. The van der Waals surface area contributed by atoms with E-state index in [2.05, 4.69) is 5.32 Å². The molecule has 1 heterocycles. The van der Waals surface area contributed by atoms with Crippen molar-refractivity contribution >= 4 is 23.0 Å². The van der Waals surface area contributed by atoms with Gasteiger partial charge in [-0.15, -0.1) is 0 Å². The van der Waals surface area contributed by atoms with E-state index in [1.54, 1.807) is 11.3 Å². The smallest absolute Gasteiger partial charge is 0.227 e. The third-order valence-corrected chi connectivity index (χ3v) is 2.53. The molecule has 1 atom stereocenters. The molecule has 76 valence electrons. The minimum atomic E-state index is -0.212. The molecular weight excluding hydrogens is 198 g/mol. The maximum atomic E-state index is 11.2. The molecule has 1 rings (SSSR count). The van der Waals surface area contributed by atoms with Crippen molar-refractivity contribution in [3.05, 3.63) is 22.4 Å². The van der Waals surface area contributed by atoms with Crippen LogP contribution in [0.5, 0.6) is 0 Å². The van der Waals surface area contributed by atoms with Gasteiger partial charge in [-0.3, -0.25) is 9.59 Å². The Hall–Kier alpha value is -1.16. The molecule has 0 bridgehead atoms. The Kier molecular flexibility index (Phi) is 3.83. The Labute approximate surface area is 87.1 Å². The van der Waals surface area contributed by atoms with Gasteiger partial charge in [0.1, 0.15) is 5.78 Å². The zero-order valence-electron chi connectivity index (χ0n) is 8.24. The number of thiophene rings is 1. The second-order valence-electron chi connectivity index (χ2n) is 3.22. The highest BCUT2D eigenvalue weighted by Crippen LogP contribution is 2.15. The van der Waals surface area contributed by atoms with Crippen molar-refractivity contribution in [1.29, 1.82) is 0 Å². The highest BCUT2D eigenvalue weighted by molar-refractivity contribution is 7.07. The van der Waals surface area contributed by atoms with Crippen molar-refractivity contribution in [2.24, 2.45) is 0 Å². The molecule has 0 saturated heterocycles. The van der Waals surface area contributed by atoms with E-state index in [-0.39, 0.29) is 24.2 Å². The average molecular weight is 211 g/mol. The lowest BCUT2D eigenvalue weighted by molar-refractivity contribution is -0.127. The van der Waals surface area contributed by atoms with E-state index < -0.39 is 0 Å². The zero-order valence-corrected chi connectivity index (χ0v) is 9.06. The standard InChI is InChI=1S/C10H13NO2S/c1-7(12)5-10(13)11-8(2)9-3-4-14-6-9/h3-4,6,8H,5H2,1-2H3,(H,11,13). The van der Waals surface area contributed by atoms with Crippen LogP contribution in [0.15, 0.2) is 16.8 Å². The summed E-state index contributed by atoms with van der Waals surface area (Å²) in [6.45, 7) is 3.31. The summed E-state index contributed by atoms with van der Waals surface area (Å²) in [4.78, 5) is 21.9. The molecule has 0 aliphatic rings. The maximum Gasteiger partial charge on any atom is 0.227 e. The molecule has 0 fully saturated rings. The fourth-order valence-electron chi connectivity index (χ4n) is 1.12. The van der Waals surface area contributed by atoms with Gasteiger partial charge < -0.3 is 5.32 Å². The predicted octanol–water partition coefficient (Wildman–Crippen LogP) is 1.90. The van der Waals surface area contributed by atoms with Crippen molar-refractivity contribution in [2.75, 3.05) is 0 Å². The zero-order chi connectivity index (χ0) is 10.6. The number of nitrogens with one attached hydrogen (secondary N) is 1. The Morgan fingerprint density at radius 3 is 2.79 bits per heavy atom. The lowest BCUT2D eigenvalue weighted by Gasteiger charge is -2.11. The molecule has 14 heavy (non-hydrogen) atoms. The summed E-state index contributed by atoms with van der Waals surface area (Å²) < 4.78 is 0. The second-order valence-corrected chi connectivity index (χ2v) is 4.00. The number of carbonyl (C=O) groups excluding carboxylic acids is 2. The third kappa shape index (κ3) is 3.30. The molecule has 1 amide bonds. The summed E-state index contributed by atoms with van der Waals surface area (Å²) in [5.41, 5.74) is 1.08. The molecule has 1 N–H and O–H groups in total. The minimum absolute atomic E-state index is 0.0203. The van der Waals surface area contributed by atoms with Gasteiger partial charge in [0.05, 0.1) is 12.5 Å². The van der Waals surface area contributed by atoms with Crippen LogP contribution >= 0.6 is 11.3 Å². The molecular formula is C10H13NO2S. The van der Waals surface area contributed by atoms with E-state index in [1.807, 2.05) is 23.8 Å². The third-order valence-electron chi connectivity index (χ3n) is 1.83. The van der Waals surface area contributed by atoms with Crippen LogP contribution in [-0.4, -0.2) is 11.7 Å². The Balaban J connectivity index is 2.45. The maximum absolute atomic E-state index is 11.2. The van der Waals surface area contributed by atoms with Gasteiger partial charge in [-0.25, -0.2) is 0 Å². The van der Waals surface area contributed by atoms with Gasteiger partial charge in [-0.1, -0.05) is 0 Å². The first-order valence-corrected chi connectivity index (χ1v) is 5.34. The van der Waals surface area contributed by atoms with Gasteiger partial charge in [0.15, 0.2) is 0 Å². The number of Topliss-reactive ketones (excluding diaryl/α,β-unsaturated/α-hetero) is 1.